The Balaban J connectivity index is 1.82. The fraction of sp³-hybridized carbons (Fsp3) is 0.263. The second-order valence-corrected chi connectivity index (χ2v) is 6.29. The topological polar surface area (TPSA) is 46.3 Å². The van der Waals surface area contributed by atoms with Crippen LogP contribution in [0.5, 0.6) is 0 Å². The van der Waals surface area contributed by atoms with E-state index in [4.69, 9.17) is 4.52 Å². The summed E-state index contributed by atoms with van der Waals surface area (Å²) in [7, 11) is 0. The molecule has 0 amide bonds. The number of hydrogen-bond donors (Lipinski definition) is 0. The molecule has 0 atom stereocenters. The smallest absolute Gasteiger partial charge is 0.196 e. The van der Waals surface area contributed by atoms with Crippen LogP contribution in [0.3, 0.4) is 0 Å². The number of carbonyl (C=O) groups excluding carboxylic acids is 1. The van der Waals surface area contributed by atoms with E-state index in [-0.39, 0.29) is 5.78 Å². The molecule has 2 aromatic carbocycles. The fourth-order valence-corrected chi connectivity index (χ4v) is 3.85. The van der Waals surface area contributed by atoms with E-state index < -0.39 is 0 Å². The summed E-state index contributed by atoms with van der Waals surface area (Å²) in [5.41, 5.74) is 4.12. The van der Waals surface area contributed by atoms with Gasteiger partial charge >= 0.3 is 0 Å². The molecule has 0 N–H and O–H groups in total. The highest BCUT2D eigenvalue weighted by molar-refractivity contribution is 6.27. The van der Waals surface area contributed by atoms with Gasteiger partial charge in [0.05, 0.1) is 10.9 Å². The van der Waals surface area contributed by atoms with Gasteiger partial charge in [-0.15, -0.1) is 0 Å². The summed E-state index contributed by atoms with van der Waals surface area (Å²) in [6.07, 6.45) is 3.63. The number of fused-ring (bicyclic) bond motifs is 2. The molecule has 114 valence electrons. The molecule has 2 aliphatic rings. The average Bonchev–Trinajstić information content (AvgIpc) is 3.05. The molecule has 0 spiro atoms. The second-order valence-electron chi connectivity index (χ2n) is 6.29. The third-order valence-electron chi connectivity index (χ3n) is 4.96. The Morgan fingerprint density at radius 2 is 1.74 bits per heavy atom. The van der Waals surface area contributed by atoms with E-state index in [0.717, 1.165) is 46.6 Å². The third kappa shape index (κ3) is 1.72. The van der Waals surface area contributed by atoms with Crippen molar-refractivity contribution in [2.45, 2.75) is 19.3 Å². The first-order valence-electron chi connectivity index (χ1n) is 8.16. The van der Waals surface area contributed by atoms with Gasteiger partial charge in [0.15, 0.2) is 11.5 Å². The van der Waals surface area contributed by atoms with E-state index in [9.17, 15) is 4.79 Å². The van der Waals surface area contributed by atoms with Crippen molar-refractivity contribution in [3.63, 3.8) is 0 Å². The van der Waals surface area contributed by atoms with Crippen LogP contribution in [0.15, 0.2) is 40.9 Å². The molecule has 1 aromatic heterocycles. The molecule has 1 aliphatic heterocycles. The summed E-state index contributed by atoms with van der Waals surface area (Å²) >= 11 is 0. The number of hydrogen-bond acceptors (Lipinski definition) is 4. The first-order chi connectivity index (χ1) is 11.3. The Morgan fingerprint density at radius 1 is 0.957 bits per heavy atom. The zero-order valence-electron chi connectivity index (χ0n) is 12.7. The highest BCUT2D eigenvalue weighted by Crippen LogP contribution is 2.43. The monoisotopic (exact) mass is 304 g/mol. The van der Waals surface area contributed by atoms with E-state index in [1.165, 1.54) is 19.3 Å². The molecular weight excluding hydrogens is 288 g/mol. The quantitative estimate of drug-likeness (QED) is 0.532. The maximum absolute atomic E-state index is 13.2. The molecule has 23 heavy (non-hydrogen) atoms. The van der Waals surface area contributed by atoms with Gasteiger partial charge in [-0.2, -0.15) is 0 Å². The van der Waals surface area contributed by atoms with E-state index >= 15 is 0 Å². The van der Waals surface area contributed by atoms with E-state index in [1.54, 1.807) is 0 Å². The van der Waals surface area contributed by atoms with Crippen LogP contribution in [0, 0.1) is 0 Å². The number of nitrogens with zero attached hydrogens (tertiary/aromatic N) is 2. The van der Waals surface area contributed by atoms with Gasteiger partial charge < -0.3 is 9.42 Å². The number of anilines is 1. The first kappa shape index (κ1) is 12.9. The molecular formula is C19H16N2O2. The highest BCUT2D eigenvalue weighted by atomic mass is 16.5. The van der Waals surface area contributed by atoms with Gasteiger partial charge in [0.2, 0.25) is 0 Å². The van der Waals surface area contributed by atoms with Gasteiger partial charge in [-0.25, -0.2) is 0 Å². The highest BCUT2D eigenvalue weighted by Gasteiger charge is 2.32. The summed E-state index contributed by atoms with van der Waals surface area (Å²) in [5.74, 6) is 0.812. The SMILES string of the molecule is O=C1c2ccccc2-c2onc3ccc(N4CCCCC4)c1c23. The van der Waals surface area contributed by atoms with Crippen molar-refractivity contribution in [1.29, 1.82) is 0 Å². The van der Waals surface area contributed by atoms with Gasteiger partial charge in [0, 0.05) is 29.9 Å². The minimum Gasteiger partial charge on any atom is -0.371 e. The number of aromatic nitrogens is 1. The predicted octanol–water partition coefficient (Wildman–Crippen LogP) is 4.03. The predicted molar refractivity (Wildman–Crippen MR) is 88.9 cm³/mol. The number of ketones is 1. The van der Waals surface area contributed by atoms with Gasteiger partial charge in [0.25, 0.3) is 0 Å². The average molecular weight is 304 g/mol. The zero-order valence-corrected chi connectivity index (χ0v) is 12.7. The molecule has 0 unspecified atom stereocenters. The minimum atomic E-state index is 0.0856. The lowest BCUT2D eigenvalue weighted by Gasteiger charge is -2.31. The van der Waals surface area contributed by atoms with Crippen LogP contribution in [-0.2, 0) is 0 Å². The molecule has 3 aromatic rings. The van der Waals surface area contributed by atoms with Crippen molar-refractivity contribution in [3.8, 4) is 11.3 Å². The van der Waals surface area contributed by atoms with Crippen molar-refractivity contribution in [1.82, 2.24) is 5.16 Å². The van der Waals surface area contributed by atoms with Crippen LogP contribution >= 0.6 is 0 Å². The van der Waals surface area contributed by atoms with Crippen LogP contribution in [-0.4, -0.2) is 24.0 Å². The van der Waals surface area contributed by atoms with Crippen LogP contribution in [0.2, 0.25) is 0 Å². The molecule has 4 nitrogen and oxygen atoms in total. The van der Waals surface area contributed by atoms with Crippen LogP contribution in [0.1, 0.15) is 35.2 Å². The fourth-order valence-electron chi connectivity index (χ4n) is 3.85. The van der Waals surface area contributed by atoms with E-state index in [1.807, 2.05) is 36.4 Å². The largest absolute Gasteiger partial charge is 0.371 e. The molecule has 4 heteroatoms. The van der Waals surface area contributed by atoms with Gasteiger partial charge in [-0.05, 0) is 31.4 Å². The number of piperidine rings is 1. The van der Waals surface area contributed by atoms with E-state index in [2.05, 4.69) is 10.1 Å². The summed E-state index contributed by atoms with van der Waals surface area (Å²) in [6.45, 7) is 2.02. The molecule has 1 saturated heterocycles. The van der Waals surface area contributed by atoms with Crippen LogP contribution in [0.25, 0.3) is 22.2 Å². The van der Waals surface area contributed by atoms with Crippen molar-refractivity contribution in [2.75, 3.05) is 18.0 Å². The first-order valence-corrected chi connectivity index (χ1v) is 8.16. The normalized spacial score (nSPS) is 16.7. The Labute approximate surface area is 133 Å². The molecule has 0 saturated carbocycles. The Hall–Kier alpha value is -2.62. The molecule has 1 aliphatic carbocycles. The lowest BCUT2D eigenvalue weighted by atomic mass is 9.86. The Bertz CT molecular complexity index is 936. The zero-order chi connectivity index (χ0) is 15.4. The lowest BCUT2D eigenvalue weighted by molar-refractivity contribution is 0.104. The lowest BCUT2D eigenvalue weighted by Crippen LogP contribution is -2.31. The number of benzene rings is 2. The minimum absolute atomic E-state index is 0.0856. The maximum Gasteiger partial charge on any atom is 0.196 e. The van der Waals surface area contributed by atoms with Crippen molar-refractivity contribution in [3.05, 3.63) is 47.5 Å². The summed E-state index contributed by atoms with van der Waals surface area (Å²) < 4.78 is 5.59. The second kappa shape index (κ2) is 4.69. The Morgan fingerprint density at radius 3 is 2.57 bits per heavy atom. The molecule has 0 radical (unpaired) electrons. The molecule has 1 fully saturated rings. The van der Waals surface area contributed by atoms with Gasteiger partial charge in [-0.1, -0.05) is 29.4 Å². The molecule has 2 heterocycles. The third-order valence-corrected chi connectivity index (χ3v) is 4.96. The summed E-state index contributed by atoms with van der Waals surface area (Å²) in [4.78, 5) is 15.5. The van der Waals surface area contributed by atoms with Crippen molar-refractivity contribution in [2.24, 2.45) is 0 Å². The summed E-state index contributed by atoms with van der Waals surface area (Å²) in [6, 6.07) is 11.6. The number of carbonyl (C=O) groups is 1. The maximum atomic E-state index is 13.2. The van der Waals surface area contributed by atoms with Crippen molar-refractivity contribution < 1.29 is 9.32 Å². The van der Waals surface area contributed by atoms with Gasteiger partial charge in [0.1, 0.15) is 5.52 Å². The van der Waals surface area contributed by atoms with Crippen LogP contribution < -0.4 is 4.90 Å². The van der Waals surface area contributed by atoms with E-state index in [0.29, 0.717) is 5.56 Å². The molecule has 5 rings (SSSR count). The Kier molecular flexibility index (Phi) is 2.62. The van der Waals surface area contributed by atoms with Gasteiger partial charge in [-0.3, -0.25) is 4.79 Å². The summed E-state index contributed by atoms with van der Waals surface area (Å²) in [5, 5.41) is 5.04. The number of rotatable bonds is 1. The van der Waals surface area contributed by atoms with Crippen molar-refractivity contribution >= 4 is 22.4 Å². The van der Waals surface area contributed by atoms with Crippen LogP contribution in [0.4, 0.5) is 5.69 Å². The standard InChI is InChI=1S/C19H16N2O2/c22-18-12-6-2-3-7-13(12)19-16-14(20-23-19)8-9-15(17(16)18)21-10-4-1-5-11-21/h2-3,6-9H,1,4-5,10-11H2. The molecule has 0 bridgehead atoms.